The Labute approximate surface area is 177 Å². The number of fused-ring (bicyclic) bond motifs is 1. The van der Waals surface area contributed by atoms with Crippen molar-refractivity contribution in [3.05, 3.63) is 45.5 Å². The molecule has 1 aliphatic heterocycles. The van der Waals surface area contributed by atoms with E-state index in [0.717, 1.165) is 49.4 Å². The van der Waals surface area contributed by atoms with Gasteiger partial charge >= 0.3 is 13.1 Å². The Balaban J connectivity index is 1.66. The van der Waals surface area contributed by atoms with Crippen LogP contribution < -0.4 is 5.73 Å². The zero-order chi connectivity index (χ0) is 21.0. The minimum Gasteiger partial charge on any atom is -0.478 e. The van der Waals surface area contributed by atoms with Crippen molar-refractivity contribution in [3.63, 3.8) is 0 Å². The van der Waals surface area contributed by atoms with Gasteiger partial charge in [0.25, 0.3) is 0 Å². The molecule has 29 heavy (non-hydrogen) atoms. The molecule has 1 aliphatic carbocycles. The molecular weight excluding hydrogens is 391 g/mol. The number of benzene rings is 1. The number of nitrogens with zero attached hydrogens (tertiary/aromatic N) is 1. The van der Waals surface area contributed by atoms with Crippen LogP contribution in [-0.2, 0) is 11.2 Å². The normalized spacial score (nSPS) is 21.0. The summed E-state index contributed by atoms with van der Waals surface area (Å²) in [6.45, 7) is 1.92. The van der Waals surface area contributed by atoms with E-state index in [1.54, 1.807) is 0 Å². The number of aliphatic carboxylic acids is 1. The molecule has 1 aromatic rings. The first kappa shape index (κ1) is 22.3. The van der Waals surface area contributed by atoms with Crippen molar-refractivity contribution in [2.24, 2.45) is 11.7 Å². The molecule has 1 atom stereocenters. The van der Waals surface area contributed by atoms with Crippen LogP contribution in [0, 0.1) is 5.92 Å². The minimum atomic E-state index is -1.37. The molecule has 0 aromatic heterocycles. The van der Waals surface area contributed by atoms with Gasteiger partial charge in [-0.25, -0.2) is 4.79 Å². The number of hydrogen-bond acceptors (Lipinski definition) is 5. The number of nitrogens with two attached hydrogens (primary N) is 1. The molecule has 1 unspecified atom stereocenters. The molecule has 1 fully saturated rings. The molecule has 6 nitrogen and oxygen atoms in total. The summed E-state index contributed by atoms with van der Waals surface area (Å²) in [7, 11) is -1.37. The Bertz CT molecular complexity index is 763. The van der Waals surface area contributed by atoms with Gasteiger partial charge in [-0.15, -0.1) is 0 Å². The maximum absolute atomic E-state index is 12.0. The van der Waals surface area contributed by atoms with Crippen molar-refractivity contribution >= 4 is 24.7 Å². The van der Waals surface area contributed by atoms with Gasteiger partial charge in [0.15, 0.2) is 0 Å². The van der Waals surface area contributed by atoms with Crippen LogP contribution in [0.3, 0.4) is 0 Å². The molecule has 5 N–H and O–H groups in total. The molecule has 8 heteroatoms. The second kappa shape index (κ2) is 10.1. The van der Waals surface area contributed by atoms with Crippen LogP contribution in [0.2, 0.25) is 11.3 Å². The number of halogens is 1. The molecule has 2 aliphatic rings. The lowest BCUT2D eigenvalue weighted by molar-refractivity contribution is -0.133. The standard InChI is InChI=1S/C21H30BClN2O4/c23-17-4-5-18-15(12-17)3-6-19(18)25-10-7-14(8-11-25)20(21(26)27)16(13-24)2-1-9-22(28)29/h4-5,12,14,19,28-29H,1-3,6-11,13,24H2,(H,26,27)/b20-16-. The van der Waals surface area contributed by atoms with Gasteiger partial charge in [-0.2, -0.15) is 0 Å². The molecule has 0 bridgehead atoms. The average Bonchev–Trinajstić information content (AvgIpc) is 3.10. The van der Waals surface area contributed by atoms with E-state index in [4.69, 9.17) is 27.4 Å². The molecule has 3 rings (SSSR count). The molecule has 158 valence electrons. The zero-order valence-corrected chi connectivity index (χ0v) is 17.4. The van der Waals surface area contributed by atoms with E-state index in [1.165, 1.54) is 11.1 Å². The van der Waals surface area contributed by atoms with Gasteiger partial charge in [0.1, 0.15) is 0 Å². The Morgan fingerprint density at radius 3 is 2.59 bits per heavy atom. The zero-order valence-electron chi connectivity index (χ0n) is 16.7. The van der Waals surface area contributed by atoms with E-state index < -0.39 is 13.1 Å². The molecule has 0 spiro atoms. The highest BCUT2D eigenvalue weighted by Gasteiger charge is 2.33. The number of carboxylic acid groups (broad SMARTS) is 1. The average molecular weight is 421 g/mol. The van der Waals surface area contributed by atoms with Crippen LogP contribution in [0.4, 0.5) is 0 Å². The van der Waals surface area contributed by atoms with Crippen molar-refractivity contribution in [3.8, 4) is 0 Å². The number of hydrogen-bond donors (Lipinski definition) is 4. The number of rotatable bonds is 8. The summed E-state index contributed by atoms with van der Waals surface area (Å²) in [4.78, 5) is 14.5. The summed E-state index contributed by atoms with van der Waals surface area (Å²) < 4.78 is 0. The number of carbonyl (C=O) groups is 1. The number of carboxylic acids is 1. The van der Waals surface area contributed by atoms with E-state index in [9.17, 15) is 9.90 Å². The highest BCUT2D eigenvalue weighted by Crippen LogP contribution is 2.40. The molecule has 1 saturated heterocycles. The Morgan fingerprint density at radius 2 is 1.97 bits per heavy atom. The highest BCUT2D eigenvalue weighted by molar-refractivity contribution is 6.40. The van der Waals surface area contributed by atoms with E-state index in [1.807, 2.05) is 6.07 Å². The highest BCUT2D eigenvalue weighted by atomic mass is 35.5. The summed E-state index contributed by atoms with van der Waals surface area (Å²) in [6, 6.07) is 6.53. The van der Waals surface area contributed by atoms with Crippen LogP contribution in [0.5, 0.6) is 0 Å². The van der Waals surface area contributed by atoms with Crippen molar-refractivity contribution < 1.29 is 19.9 Å². The molecular formula is C21H30BClN2O4. The van der Waals surface area contributed by atoms with Gasteiger partial charge in [-0.1, -0.05) is 24.1 Å². The van der Waals surface area contributed by atoms with Gasteiger partial charge in [-0.05, 0) is 86.3 Å². The van der Waals surface area contributed by atoms with E-state index >= 15 is 0 Å². The van der Waals surface area contributed by atoms with E-state index in [-0.39, 0.29) is 18.8 Å². The lowest BCUT2D eigenvalue weighted by Gasteiger charge is -2.37. The van der Waals surface area contributed by atoms with Crippen LogP contribution in [-0.4, -0.2) is 52.8 Å². The van der Waals surface area contributed by atoms with Crippen LogP contribution in [0.25, 0.3) is 0 Å². The third-order valence-electron chi connectivity index (χ3n) is 6.33. The SMILES string of the molecule is NC/C(CCCB(O)O)=C(\C(=O)O)C1CCN(C2CCc3cc(Cl)ccc32)CC1. The van der Waals surface area contributed by atoms with Crippen LogP contribution in [0.1, 0.15) is 49.3 Å². The van der Waals surface area contributed by atoms with Crippen molar-refractivity contribution in [2.75, 3.05) is 19.6 Å². The van der Waals surface area contributed by atoms with Crippen molar-refractivity contribution in [1.29, 1.82) is 0 Å². The third-order valence-corrected chi connectivity index (χ3v) is 6.56. The number of aryl methyl sites for hydroxylation is 1. The summed E-state index contributed by atoms with van der Waals surface area (Å²) in [5.74, 6) is -0.901. The monoisotopic (exact) mass is 420 g/mol. The fourth-order valence-corrected chi connectivity index (χ4v) is 5.10. The summed E-state index contributed by atoms with van der Waals surface area (Å²) in [5.41, 5.74) is 9.72. The van der Waals surface area contributed by atoms with Gasteiger partial charge < -0.3 is 20.9 Å². The van der Waals surface area contributed by atoms with Gasteiger partial charge in [0, 0.05) is 23.2 Å². The Kier molecular flexibility index (Phi) is 7.76. The fraction of sp³-hybridized carbons (Fsp3) is 0.571. The lowest BCUT2D eigenvalue weighted by Crippen LogP contribution is -2.37. The first-order chi connectivity index (χ1) is 13.9. The summed E-state index contributed by atoms with van der Waals surface area (Å²) in [5, 5.41) is 28.7. The maximum atomic E-state index is 12.0. The number of likely N-dealkylation sites (tertiary alicyclic amines) is 1. The fourth-order valence-electron chi connectivity index (χ4n) is 4.90. The van der Waals surface area contributed by atoms with Crippen molar-refractivity contribution in [2.45, 2.75) is 50.9 Å². The van der Waals surface area contributed by atoms with Gasteiger partial charge in [0.2, 0.25) is 0 Å². The predicted octanol–water partition coefficient (Wildman–Crippen LogP) is 2.63. The smallest absolute Gasteiger partial charge is 0.451 e. The van der Waals surface area contributed by atoms with Crippen LogP contribution in [0.15, 0.2) is 29.3 Å². The predicted molar refractivity (Wildman–Crippen MR) is 115 cm³/mol. The van der Waals surface area contributed by atoms with E-state index in [0.29, 0.717) is 24.5 Å². The second-order valence-electron chi connectivity index (χ2n) is 8.11. The molecule has 0 amide bonds. The molecule has 0 radical (unpaired) electrons. The minimum absolute atomic E-state index is 0.00700. The number of piperidine rings is 1. The quantitative estimate of drug-likeness (QED) is 0.380. The first-order valence-corrected chi connectivity index (χ1v) is 10.8. The van der Waals surface area contributed by atoms with E-state index in [2.05, 4.69) is 17.0 Å². The third kappa shape index (κ3) is 5.41. The molecule has 1 aromatic carbocycles. The largest absolute Gasteiger partial charge is 0.478 e. The second-order valence-corrected chi connectivity index (χ2v) is 8.54. The van der Waals surface area contributed by atoms with Gasteiger partial charge in [0.05, 0.1) is 0 Å². The molecule has 1 heterocycles. The first-order valence-electron chi connectivity index (χ1n) is 10.4. The maximum Gasteiger partial charge on any atom is 0.451 e. The topological polar surface area (TPSA) is 107 Å². The Hall–Kier alpha value is -1.38. The van der Waals surface area contributed by atoms with Crippen LogP contribution >= 0.6 is 11.6 Å². The Morgan fingerprint density at radius 1 is 1.24 bits per heavy atom. The molecule has 0 saturated carbocycles. The van der Waals surface area contributed by atoms with Gasteiger partial charge in [-0.3, -0.25) is 4.90 Å². The lowest BCUT2D eigenvalue weighted by atomic mass is 9.80. The summed E-state index contributed by atoms with van der Waals surface area (Å²) in [6.07, 6.45) is 4.95. The van der Waals surface area contributed by atoms with Crippen molar-refractivity contribution in [1.82, 2.24) is 4.90 Å². The summed E-state index contributed by atoms with van der Waals surface area (Å²) >= 11 is 6.12.